The standard InChI is InChI=1S/C31H32FNO4/c1-31(2)36-28-20-26(17-18-27(28)30(35)37-31)33(19-5-8-21-6-3-4-7-21)29(34)24-11-9-22(10-12-24)23-13-15-25(32)16-14-23/h9-18,20-21H,3-8,19H2,1-2H3. The molecule has 1 amide bonds. The van der Waals surface area contributed by atoms with E-state index < -0.39 is 11.8 Å². The van der Waals surface area contributed by atoms with E-state index in [1.807, 2.05) is 12.1 Å². The first-order chi connectivity index (χ1) is 17.8. The Hall–Kier alpha value is -3.67. The lowest BCUT2D eigenvalue weighted by atomic mass is 10.0. The van der Waals surface area contributed by atoms with Crippen LogP contribution >= 0.6 is 0 Å². The number of benzene rings is 3. The molecule has 1 aliphatic heterocycles. The van der Waals surface area contributed by atoms with E-state index in [4.69, 9.17) is 9.47 Å². The molecule has 3 aromatic carbocycles. The van der Waals surface area contributed by atoms with E-state index in [9.17, 15) is 14.0 Å². The second-order valence-corrected chi connectivity index (χ2v) is 10.4. The van der Waals surface area contributed by atoms with Gasteiger partial charge in [0.15, 0.2) is 0 Å². The molecule has 1 heterocycles. The van der Waals surface area contributed by atoms with Gasteiger partial charge in [-0.05, 0) is 66.3 Å². The van der Waals surface area contributed by atoms with Crippen molar-refractivity contribution in [3.63, 3.8) is 0 Å². The Labute approximate surface area is 217 Å². The van der Waals surface area contributed by atoms with Crippen LogP contribution in [-0.2, 0) is 4.74 Å². The van der Waals surface area contributed by atoms with Crippen LogP contribution in [0.1, 0.15) is 73.1 Å². The number of halogens is 1. The van der Waals surface area contributed by atoms with Gasteiger partial charge in [-0.1, -0.05) is 49.9 Å². The molecule has 5 nitrogen and oxygen atoms in total. The van der Waals surface area contributed by atoms with Crippen molar-refractivity contribution < 1.29 is 23.5 Å². The SMILES string of the molecule is CC1(C)OC(=O)c2ccc(N(CCCC3CCCC3)C(=O)c3ccc(-c4ccc(F)cc4)cc3)cc2O1. The Morgan fingerprint density at radius 1 is 0.946 bits per heavy atom. The van der Waals surface area contributed by atoms with Crippen molar-refractivity contribution in [2.45, 2.75) is 58.2 Å². The highest BCUT2D eigenvalue weighted by molar-refractivity contribution is 6.07. The van der Waals surface area contributed by atoms with Crippen molar-refractivity contribution in [2.75, 3.05) is 11.4 Å². The smallest absolute Gasteiger partial charge is 0.345 e. The first-order valence-corrected chi connectivity index (χ1v) is 13.0. The maximum atomic E-state index is 13.8. The van der Waals surface area contributed by atoms with Crippen molar-refractivity contribution in [1.82, 2.24) is 0 Å². The summed E-state index contributed by atoms with van der Waals surface area (Å²) in [4.78, 5) is 28.0. The molecule has 1 saturated carbocycles. The van der Waals surface area contributed by atoms with E-state index in [0.717, 1.165) is 29.9 Å². The van der Waals surface area contributed by atoms with E-state index in [-0.39, 0.29) is 11.7 Å². The van der Waals surface area contributed by atoms with Gasteiger partial charge >= 0.3 is 5.97 Å². The maximum absolute atomic E-state index is 13.8. The molecule has 0 N–H and O–H groups in total. The summed E-state index contributed by atoms with van der Waals surface area (Å²) in [6.07, 6.45) is 7.11. The molecule has 37 heavy (non-hydrogen) atoms. The van der Waals surface area contributed by atoms with Gasteiger partial charge in [0.05, 0.1) is 0 Å². The van der Waals surface area contributed by atoms with Gasteiger partial charge in [-0.25, -0.2) is 9.18 Å². The number of fused-ring (bicyclic) bond motifs is 1. The molecule has 0 aromatic heterocycles. The van der Waals surface area contributed by atoms with Crippen LogP contribution in [0.4, 0.5) is 10.1 Å². The summed E-state index contributed by atoms with van der Waals surface area (Å²) >= 11 is 0. The molecule has 0 atom stereocenters. The fourth-order valence-corrected chi connectivity index (χ4v) is 5.28. The lowest BCUT2D eigenvalue weighted by Crippen LogP contribution is -2.39. The number of carbonyl (C=O) groups excluding carboxylic acids is 2. The lowest BCUT2D eigenvalue weighted by Gasteiger charge is -2.32. The number of nitrogens with zero attached hydrogens (tertiary/aromatic N) is 1. The molecule has 6 heteroatoms. The zero-order valence-corrected chi connectivity index (χ0v) is 21.3. The first kappa shape index (κ1) is 25.0. The van der Waals surface area contributed by atoms with Crippen LogP contribution in [-0.4, -0.2) is 24.2 Å². The second-order valence-electron chi connectivity index (χ2n) is 10.4. The highest BCUT2D eigenvalue weighted by Gasteiger charge is 2.34. The fourth-order valence-electron chi connectivity index (χ4n) is 5.28. The van der Waals surface area contributed by atoms with Gasteiger partial charge in [0.1, 0.15) is 17.1 Å². The van der Waals surface area contributed by atoms with Gasteiger partial charge in [0.2, 0.25) is 5.79 Å². The predicted molar refractivity (Wildman–Crippen MR) is 141 cm³/mol. The summed E-state index contributed by atoms with van der Waals surface area (Å²) in [5, 5.41) is 0. The van der Waals surface area contributed by atoms with E-state index in [2.05, 4.69) is 0 Å². The molecule has 0 unspecified atom stereocenters. The molecule has 192 valence electrons. The van der Waals surface area contributed by atoms with Gasteiger partial charge in [0, 0.05) is 37.7 Å². The largest absolute Gasteiger partial charge is 0.452 e. The third-order valence-electron chi connectivity index (χ3n) is 7.21. The van der Waals surface area contributed by atoms with Crippen molar-refractivity contribution in [3.8, 4) is 16.9 Å². The molecular formula is C31H32FNO4. The summed E-state index contributed by atoms with van der Waals surface area (Å²) in [6.45, 7) is 3.95. The summed E-state index contributed by atoms with van der Waals surface area (Å²) in [6, 6.07) is 18.9. The molecule has 1 aliphatic carbocycles. The normalized spacial score (nSPS) is 16.6. The topological polar surface area (TPSA) is 55.8 Å². The van der Waals surface area contributed by atoms with Crippen LogP contribution in [0.2, 0.25) is 0 Å². The minimum Gasteiger partial charge on any atom is -0.452 e. The van der Waals surface area contributed by atoms with Crippen LogP contribution < -0.4 is 9.64 Å². The molecular weight excluding hydrogens is 469 g/mol. The van der Waals surface area contributed by atoms with E-state index >= 15 is 0 Å². The van der Waals surface area contributed by atoms with Crippen LogP contribution in [0, 0.1) is 11.7 Å². The molecule has 0 saturated heterocycles. The lowest BCUT2D eigenvalue weighted by molar-refractivity contribution is -0.127. The summed E-state index contributed by atoms with van der Waals surface area (Å²) < 4.78 is 24.6. The number of amides is 1. The average molecular weight is 502 g/mol. The van der Waals surface area contributed by atoms with E-state index in [1.54, 1.807) is 61.2 Å². The maximum Gasteiger partial charge on any atom is 0.345 e. The molecule has 0 spiro atoms. The van der Waals surface area contributed by atoms with Gasteiger partial charge in [-0.15, -0.1) is 0 Å². The van der Waals surface area contributed by atoms with Crippen molar-refractivity contribution in [1.29, 1.82) is 0 Å². The number of ether oxygens (including phenoxy) is 2. The van der Waals surface area contributed by atoms with E-state index in [0.29, 0.717) is 29.1 Å². The Bertz CT molecular complexity index is 1280. The summed E-state index contributed by atoms with van der Waals surface area (Å²) in [5.74, 6) is -0.762. The molecule has 5 rings (SSSR count). The minimum absolute atomic E-state index is 0.116. The quantitative estimate of drug-likeness (QED) is 0.317. The van der Waals surface area contributed by atoms with Crippen LogP contribution in [0.5, 0.6) is 5.75 Å². The molecule has 0 radical (unpaired) electrons. The number of cyclic esters (lactones) is 1. The molecule has 0 bridgehead atoms. The molecule has 2 aliphatic rings. The third kappa shape index (κ3) is 5.68. The Morgan fingerprint density at radius 2 is 1.59 bits per heavy atom. The zero-order valence-electron chi connectivity index (χ0n) is 21.3. The minimum atomic E-state index is -1.07. The van der Waals surface area contributed by atoms with Gasteiger partial charge in [-0.2, -0.15) is 0 Å². The molecule has 1 fully saturated rings. The number of rotatable bonds is 7. The first-order valence-electron chi connectivity index (χ1n) is 13.0. The highest BCUT2D eigenvalue weighted by atomic mass is 19.1. The van der Waals surface area contributed by atoms with E-state index in [1.165, 1.54) is 37.8 Å². The van der Waals surface area contributed by atoms with Gasteiger partial charge in [-0.3, -0.25) is 4.79 Å². The molecule has 3 aromatic rings. The van der Waals surface area contributed by atoms with Gasteiger partial charge < -0.3 is 14.4 Å². The highest BCUT2D eigenvalue weighted by Crippen LogP contribution is 2.35. The van der Waals surface area contributed by atoms with Crippen LogP contribution in [0.15, 0.2) is 66.7 Å². The third-order valence-corrected chi connectivity index (χ3v) is 7.21. The Balaban J connectivity index is 1.41. The zero-order chi connectivity index (χ0) is 26.0. The number of carbonyl (C=O) groups is 2. The van der Waals surface area contributed by atoms with Crippen LogP contribution in [0.3, 0.4) is 0 Å². The predicted octanol–water partition coefficient (Wildman–Crippen LogP) is 7.40. The van der Waals surface area contributed by atoms with Crippen molar-refractivity contribution in [3.05, 3.63) is 83.7 Å². The second kappa shape index (κ2) is 10.4. The number of anilines is 1. The van der Waals surface area contributed by atoms with Crippen molar-refractivity contribution in [2.24, 2.45) is 5.92 Å². The summed E-state index contributed by atoms with van der Waals surface area (Å²) in [5.41, 5.74) is 3.39. The average Bonchev–Trinajstić information content (AvgIpc) is 3.39. The monoisotopic (exact) mass is 501 g/mol. The summed E-state index contributed by atoms with van der Waals surface area (Å²) in [7, 11) is 0. The number of hydrogen-bond donors (Lipinski definition) is 0. The number of hydrogen-bond acceptors (Lipinski definition) is 4. The van der Waals surface area contributed by atoms with Crippen LogP contribution in [0.25, 0.3) is 11.1 Å². The fraction of sp³-hybridized carbons (Fsp3) is 0.355. The Kier molecular flexibility index (Phi) is 7.00. The number of esters is 1. The Morgan fingerprint density at radius 3 is 2.27 bits per heavy atom. The van der Waals surface area contributed by atoms with Gasteiger partial charge in [0.25, 0.3) is 5.91 Å². The van der Waals surface area contributed by atoms with Crippen molar-refractivity contribution >= 4 is 17.6 Å².